The van der Waals surface area contributed by atoms with Gasteiger partial charge in [0.1, 0.15) is 5.82 Å². The van der Waals surface area contributed by atoms with Gasteiger partial charge < -0.3 is 4.57 Å². The normalized spacial score (nSPS) is 16.4. The van der Waals surface area contributed by atoms with Crippen LogP contribution in [0.15, 0.2) is 54.7 Å². The first-order valence-corrected chi connectivity index (χ1v) is 8.80. The zero-order valence-electron chi connectivity index (χ0n) is 13.6. The molecule has 0 saturated carbocycles. The van der Waals surface area contributed by atoms with Crippen molar-refractivity contribution in [3.8, 4) is 5.69 Å². The van der Waals surface area contributed by atoms with Gasteiger partial charge in [-0.2, -0.15) is 0 Å². The molecule has 122 valence electrons. The topological polar surface area (TPSA) is 4.93 Å². The van der Waals surface area contributed by atoms with E-state index in [-0.39, 0.29) is 11.7 Å². The van der Waals surface area contributed by atoms with Crippen LogP contribution in [0.1, 0.15) is 41.6 Å². The number of hydrogen-bond donors (Lipinski definition) is 0. The van der Waals surface area contributed by atoms with Crippen molar-refractivity contribution in [3.63, 3.8) is 0 Å². The first-order chi connectivity index (χ1) is 11.7. The average Bonchev–Trinajstić information content (AvgIpc) is 2.98. The summed E-state index contributed by atoms with van der Waals surface area (Å²) in [5, 5.41) is 0.726. The van der Waals surface area contributed by atoms with E-state index in [0.29, 0.717) is 6.42 Å². The molecule has 0 spiro atoms. The summed E-state index contributed by atoms with van der Waals surface area (Å²) in [6.07, 6.45) is 4.70. The molecule has 0 aliphatic carbocycles. The Morgan fingerprint density at radius 2 is 2.00 bits per heavy atom. The number of rotatable bonds is 2. The van der Waals surface area contributed by atoms with Crippen molar-refractivity contribution >= 4 is 11.6 Å². The summed E-state index contributed by atoms with van der Waals surface area (Å²) in [6.45, 7) is 2.01. The molecular formula is C21H19ClFN. The van der Waals surface area contributed by atoms with Crippen molar-refractivity contribution in [2.24, 2.45) is 0 Å². The number of halogens is 2. The second-order valence-corrected chi connectivity index (χ2v) is 6.76. The van der Waals surface area contributed by atoms with E-state index in [4.69, 9.17) is 11.6 Å². The molecule has 0 saturated heterocycles. The van der Waals surface area contributed by atoms with Gasteiger partial charge in [0.05, 0.1) is 0 Å². The van der Waals surface area contributed by atoms with Crippen LogP contribution in [0.5, 0.6) is 0 Å². The molecule has 1 atom stereocenters. The van der Waals surface area contributed by atoms with Crippen molar-refractivity contribution in [2.45, 2.75) is 32.1 Å². The Kier molecular flexibility index (Phi) is 3.93. The van der Waals surface area contributed by atoms with Crippen LogP contribution in [0.4, 0.5) is 4.39 Å². The molecular weight excluding hydrogens is 321 g/mol. The van der Waals surface area contributed by atoms with Gasteiger partial charge in [0.25, 0.3) is 0 Å². The molecule has 0 bridgehead atoms. The lowest BCUT2D eigenvalue weighted by Gasteiger charge is -2.22. The molecule has 2 heterocycles. The Morgan fingerprint density at radius 3 is 2.83 bits per heavy atom. The molecule has 1 aliphatic heterocycles. The van der Waals surface area contributed by atoms with Gasteiger partial charge >= 0.3 is 0 Å². The predicted octanol–water partition coefficient (Wildman–Crippen LogP) is 5.91. The van der Waals surface area contributed by atoms with Gasteiger partial charge in [-0.15, -0.1) is 0 Å². The summed E-state index contributed by atoms with van der Waals surface area (Å²) in [4.78, 5) is 0. The molecule has 3 aromatic rings. The summed E-state index contributed by atoms with van der Waals surface area (Å²) >= 11 is 6.31. The quantitative estimate of drug-likeness (QED) is 0.547. The first kappa shape index (κ1) is 15.5. The van der Waals surface area contributed by atoms with E-state index < -0.39 is 0 Å². The second-order valence-electron chi connectivity index (χ2n) is 6.33. The van der Waals surface area contributed by atoms with Gasteiger partial charge in [0, 0.05) is 28.5 Å². The Balaban J connectivity index is 1.94. The van der Waals surface area contributed by atoms with Gasteiger partial charge in [-0.25, -0.2) is 4.39 Å². The predicted molar refractivity (Wildman–Crippen MR) is 96.7 cm³/mol. The van der Waals surface area contributed by atoms with Gasteiger partial charge in [-0.1, -0.05) is 30.7 Å². The zero-order chi connectivity index (χ0) is 16.7. The average molecular weight is 340 g/mol. The molecule has 1 aliphatic rings. The van der Waals surface area contributed by atoms with Crippen molar-refractivity contribution < 1.29 is 4.39 Å². The zero-order valence-corrected chi connectivity index (χ0v) is 14.4. The fraction of sp³-hybridized carbons (Fsp3) is 0.238. The van der Waals surface area contributed by atoms with E-state index >= 15 is 0 Å². The molecule has 1 unspecified atom stereocenters. The Morgan fingerprint density at radius 1 is 1.12 bits per heavy atom. The van der Waals surface area contributed by atoms with E-state index in [0.717, 1.165) is 34.7 Å². The SMILES string of the molecule is CCc1c(F)cccc1C1CCc2cccn2-c2ccc(Cl)cc21. The highest BCUT2D eigenvalue weighted by Crippen LogP contribution is 2.40. The lowest BCUT2D eigenvalue weighted by atomic mass is 9.83. The molecule has 0 N–H and O–H groups in total. The van der Waals surface area contributed by atoms with Gasteiger partial charge in [-0.05, 0) is 72.4 Å². The van der Waals surface area contributed by atoms with E-state index in [9.17, 15) is 4.39 Å². The first-order valence-electron chi connectivity index (χ1n) is 8.42. The van der Waals surface area contributed by atoms with E-state index in [2.05, 4.69) is 35.0 Å². The van der Waals surface area contributed by atoms with Crippen molar-refractivity contribution in [1.82, 2.24) is 4.57 Å². The lowest BCUT2D eigenvalue weighted by Crippen LogP contribution is -2.08. The Hall–Kier alpha value is -2.06. The smallest absolute Gasteiger partial charge is 0.126 e. The molecule has 0 radical (unpaired) electrons. The molecule has 2 aromatic carbocycles. The van der Waals surface area contributed by atoms with Gasteiger partial charge in [0.2, 0.25) is 0 Å². The monoisotopic (exact) mass is 339 g/mol. The lowest BCUT2D eigenvalue weighted by molar-refractivity contribution is 0.601. The largest absolute Gasteiger partial charge is 0.321 e. The molecule has 24 heavy (non-hydrogen) atoms. The highest BCUT2D eigenvalue weighted by molar-refractivity contribution is 6.30. The fourth-order valence-electron chi connectivity index (χ4n) is 3.92. The molecule has 1 aromatic heterocycles. The third-order valence-corrected chi connectivity index (χ3v) is 5.27. The molecule has 1 nitrogen and oxygen atoms in total. The van der Waals surface area contributed by atoms with E-state index in [1.807, 2.05) is 25.1 Å². The third kappa shape index (κ3) is 2.46. The molecule has 0 fully saturated rings. The van der Waals surface area contributed by atoms with Gasteiger partial charge in [0.15, 0.2) is 0 Å². The summed E-state index contributed by atoms with van der Waals surface area (Å²) in [6, 6.07) is 15.7. The van der Waals surface area contributed by atoms with Crippen LogP contribution < -0.4 is 0 Å². The summed E-state index contributed by atoms with van der Waals surface area (Å²) in [7, 11) is 0. The fourth-order valence-corrected chi connectivity index (χ4v) is 4.10. The number of aryl methyl sites for hydroxylation is 1. The second kappa shape index (κ2) is 6.10. The van der Waals surface area contributed by atoms with Gasteiger partial charge in [-0.3, -0.25) is 0 Å². The van der Waals surface area contributed by atoms with Crippen LogP contribution in [0, 0.1) is 5.82 Å². The maximum absolute atomic E-state index is 14.3. The number of benzene rings is 2. The molecule has 3 heteroatoms. The summed E-state index contributed by atoms with van der Waals surface area (Å²) < 4.78 is 16.6. The van der Waals surface area contributed by atoms with Crippen LogP contribution in [0.25, 0.3) is 5.69 Å². The molecule has 0 amide bonds. The summed E-state index contributed by atoms with van der Waals surface area (Å²) in [5.41, 5.74) is 5.52. The van der Waals surface area contributed by atoms with E-state index in [1.165, 1.54) is 11.3 Å². The third-order valence-electron chi connectivity index (χ3n) is 5.03. The van der Waals surface area contributed by atoms with Crippen molar-refractivity contribution in [2.75, 3.05) is 0 Å². The van der Waals surface area contributed by atoms with Crippen LogP contribution in [0.2, 0.25) is 5.02 Å². The Bertz CT molecular complexity index is 897. The van der Waals surface area contributed by atoms with Crippen LogP contribution in [0.3, 0.4) is 0 Å². The minimum Gasteiger partial charge on any atom is -0.321 e. The minimum absolute atomic E-state index is 0.109. The maximum atomic E-state index is 14.3. The standard InChI is InChI=1S/C21H19ClFN/c1-2-16-17(6-3-7-20(16)23)18-10-9-15-5-4-12-24(15)21-11-8-14(22)13-19(18)21/h3-8,11-13,18H,2,9-10H2,1H3. The van der Waals surface area contributed by atoms with Crippen molar-refractivity contribution in [3.05, 3.63) is 88.0 Å². The van der Waals surface area contributed by atoms with Crippen LogP contribution >= 0.6 is 11.6 Å². The van der Waals surface area contributed by atoms with Crippen molar-refractivity contribution in [1.29, 1.82) is 0 Å². The minimum atomic E-state index is -0.109. The number of fused-ring (bicyclic) bond motifs is 3. The summed E-state index contributed by atoms with van der Waals surface area (Å²) in [5.74, 6) is 0.0479. The Labute approximate surface area is 146 Å². The number of aromatic nitrogens is 1. The molecule has 4 rings (SSSR count). The van der Waals surface area contributed by atoms with Crippen LogP contribution in [-0.2, 0) is 12.8 Å². The number of hydrogen-bond acceptors (Lipinski definition) is 0. The van der Waals surface area contributed by atoms with Crippen LogP contribution in [-0.4, -0.2) is 4.57 Å². The number of nitrogens with zero attached hydrogens (tertiary/aromatic N) is 1. The highest BCUT2D eigenvalue weighted by Gasteiger charge is 2.25. The van der Waals surface area contributed by atoms with E-state index in [1.54, 1.807) is 6.07 Å². The maximum Gasteiger partial charge on any atom is 0.126 e. The highest BCUT2D eigenvalue weighted by atomic mass is 35.5.